The van der Waals surface area contributed by atoms with Crippen LogP contribution >= 0.6 is 11.8 Å². The van der Waals surface area contributed by atoms with Crippen molar-refractivity contribution in [3.63, 3.8) is 0 Å². The lowest BCUT2D eigenvalue weighted by Gasteiger charge is -2.09. The molecule has 0 radical (unpaired) electrons. The molecule has 3 nitrogen and oxygen atoms in total. The van der Waals surface area contributed by atoms with Gasteiger partial charge in [0.2, 0.25) is 0 Å². The molecule has 170 valence electrons. The Morgan fingerprint density at radius 1 is 0.824 bits per heavy atom. The number of methoxy groups -OCH3 is 1. The van der Waals surface area contributed by atoms with E-state index in [1.807, 2.05) is 25.1 Å². The Labute approximate surface area is 203 Å². The number of carbonyl (C=O) groups excluding carboxylic acids is 1. The van der Waals surface area contributed by atoms with Gasteiger partial charge < -0.3 is 9.15 Å². The Hall–Kier alpha value is -3.50. The summed E-state index contributed by atoms with van der Waals surface area (Å²) in [5.74, 6) is 1.40. The van der Waals surface area contributed by atoms with E-state index in [-0.39, 0.29) is 11.9 Å². The van der Waals surface area contributed by atoms with E-state index in [0.717, 1.165) is 44.6 Å². The van der Waals surface area contributed by atoms with Crippen LogP contribution in [0, 0.1) is 5.92 Å². The van der Waals surface area contributed by atoms with Crippen molar-refractivity contribution in [2.45, 2.75) is 12.7 Å². The summed E-state index contributed by atoms with van der Waals surface area (Å²) in [5.41, 5.74) is 7.71. The van der Waals surface area contributed by atoms with Crippen LogP contribution in [0.2, 0.25) is 0 Å². The van der Waals surface area contributed by atoms with Gasteiger partial charge in [-0.2, -0.15) is 11.8 Å². The molecule has 34 heavy (non-hydrogen) atoms. The molecule has 4 heteroatoms. The molecule has 1 aromatic heterocycles. The minimum atomic E-state index is -0.150. The number of ether oxygens (including phenoxy) is 1. The molecule has 4 aromatic carbocycles. The second kappa shape index (κ2) is 9.78. The van der Waals surface area contributed by atoms with Crippen LogP contribution in [0.1, 0.15) is 12.5 Å². The third-order valence-electron chi connectivity index (χ3n) is 6.13. The fraction of sp³-hybridized carbons (Fsp3) is 0.167. The second-order valence-corrected chi connectivity index (χ2v) is 9.52. The van der Waals surface area contributed by atoms with Gasteiger partial charge in [-0.25, -0.2) is 0 Å². The molecule has 0 saturated carbocycles. The van der Waals surface area contributed by atoms with Crippen LogP contribution in [0.5, 0.6) is 0 Å². The summed E-state index contributed by atoms with van der Waals surface area (Å²) in [6.45, 7) is 1.90. The van der Waals surface area contributed by atoms with Crippen LogP contribution in [0.4, 0.5) is 0 Å². The molecule has 5 aromatic rings. The molecule has 1 atom stereocenters. The lowest BCUT2D eigenvalue weighted by Crippen LogP contribution is -2.14. The highest BCUT2D eigenvalue weighted by atomic mass is 32.2. The first-order valence-corrected chi connectivity index (χ1v) is 12.5. The van der Waals surface area contributed by atoms with Gasteiger partial charge in [-0.1, -0.05) is 91.9 Å². The largest absolute Gasteiger partial charge is 0.469 e. The molecule has 0 aliphatic carbocycles. The van der Waals surface area contributed by atoms with Crippen molar-refractivity contribution < 1.29 is 13.9 Å². The number of para-hydroxylation sites is 2. The Morgan fingerprint density at radius 2 is 1.47 bits per heavy atom. The van der Waals surface area contributed by atoms with E-state index in [9.17, 15) is 4.79 Å². The average Bonchev–Trinajstić information content (AvgIpc) is 3.27. The van der Waals surface area contributed by atoms with Gasteiger partial charge in [0.25, 0.3) is 0 Å². The Bertz CT molecular complexity index is 1430. The van der Waals surface area contributed by atoms with E-state index in [2.05, 4.69) is 72.8 Å². The number of esters is 1. The molecule has 0 saturated heterocycles. The van der Waals surface area contributed by atoms with Crippen molar-refractivity contribution in [3.8, 4) is 22.3 Å². The maximum atomic E-state index is 11.5. The van der Waals surface area contributed by atoms with Gasteiger partial charge in [0, 0.05) is 27.8 Å². The molecule has 0 fully saturated rings. The zero-order valence-electron chi connectivity index (χ0n) is 19.3. The number of benzene rings is 4. The standard InChI is InChI=1S/C30H26O3S/c1-20(30(31)32-2)18-34-19-21-10-12-22(13-11-21)23-14-16-24(17-15-23)25-7-5-8-27-26-6-3-4-9-28(26)33-29(25)27/h3-17,20H,18-19H2,1-2H3. The SMILES string of the molecule is COC(=O)C(C)CSCc1ccc(-c2ccc(-c3cccc4c3oc3ccccc34)cc2)cc1. The Morgan fingerprint density at radius 3 is 2.21 bits per heavy atom. The van der Waals surface area contributed by atoms with E-state index < -0.39 is 0 Å². The lowest BCUT2D eigenvalue weighted by atomic mass is 9.98. The smallest absolute Gasteiger partial charge is 0.309 e. The molecular formula is C30H26O3S. The van der Waals surface area contributed by atoms with Crippen LogP contribution in [0.25, 0.3) is 44.2 Å². The van der Waals surface area contributed by atoms with Crippen molar-refractivity contribution in [2.75, 3.05) is 12.9 Å². The molecule has 0 aliphatic rings. The summed E-state index contributed by atoms with van der Waals surface area (Å²) in [7, 11) is 1.44. The third kappa shape index (κ3) is 4.46. The number of hydrogen-bond donors (Lipinski definition) is 0. The number of rotatable bonds is 7. The predicted octanol–water partition coefficient (Wildman–Crippen LogP) is 7.96. The van der Waals surface area contributed by atoms with Crippen LogP contribution in [-0.4, -0.2) is 18.8 Å². The molecule has 1 unspecified atom stereocenters. The van der Waals surface area contributed by atoms with E-state index in [1.165, 1.54) is 23.8 Å². The highest BCUT2D eigenvalue weighted by Gasteiger charge is 2.13. The monoisotopic (exact) mass is 466 g/mol. The Kier molecular flexibility index (Phi) is 6.41. The van der Waals surface area contributed by atoms with Crippen molar-refractivity contribution in [2.24, 2.45) is 5.92 Å². The van der Waals surface area contributed by atoms with Gasteiger partial charge in [-0.05, 0) is 28.3 Å². The van der Waals surface area contributed by atoms with E-state index >= 15 is 0 Å². The van der Waals surface area contributed by atoms with Crippen molar-refractivity contribution in [3.05, 3.63) is 96.6 Å². The van der Waals surface area contributed by atoms with Gasteiger partial charge in [0.05, 0.1) is 13.0 Å². The normalized spacial score (nSPS) is 12.2. The summed E-state index contributed by atoms with van der Waals surface area (Å²) in [6, 6.07) is 31.8. The van der Waals surface area contributed by atoms with Crippen molar-refractivity contribution in [1.29, 1.82) is 0 Å². The lowest BCUT2D eigenvalue weighted by molar-refractivity contribution is -0.143. The first-order chi connectivity index (χ1) is 16.6. The van der Waals surface area contributed by atoms with Crippen LogP contribution in [0.15, 0.2) is 95.4 Å². The quantitative estimate of drug-likeness (QED) is 0.228. The number of fused-ring (bicyclic) bond motifs is 3. The Balaban J connectivity index is 1.31. The minimum absolute atomic E-state index is 0.0850. The van der Waals surface area contributed by atoms with Gasteiger partial charge >= 0.3 is 5.97 Å². The first-order valence-electron chi connectivity index (χ1n) is 11.4. The fourth-order valence-corrected chi connectivity index (χ4v) is 5.27. The maximum Gasteiger partial charge on any atom is 0.309 e. The van der Waals surface area contributed by atoms with Crippen molar-refractivity contribution in [1.82, 2.24) is 0 Å². The number of carbonyl (C=O) groups is 1. The summed E-state index contributed by atoms with van der Waals surface area (Å²) in [6.07, 6.45) is 0. The second-order valence-electron chi connectivity index (χ2n) is 8.49. The highest BCUT2D eigenvalue weighted by molar-refractivity contribution is 7.98. The molecule has 5 rings (SSSR count). The van der Waals surface area contributed by atoms with Crippen LogP contribution in [-0.2, 0) is 15.3 Å². The number of furan rings is 1. The van der Waals surface area contributed by atoms with E-state index in [1.54, 1.807) is 11.8 Å². The number of hydrogen-bond acceptors (Lipinski definition) is 4. The molecule has 1 heterocycles. The van der Waals surface area contributed by atoms with E-state index in [0.29, 0.717) is 0 Å². The predicted molar refractivity (Wildman–Crippen MR) is 142 cm³/mol. The minimum Gasteiger partial charge on any atom is -0.469 e. The fourth-order valence-electron chi connectivity index (χ4n) is 4.23. The van der Waals surface area contributed by atoms with Gasteiger partial charge in [-0.3, -0.25) is 4.79 Å². The van der Waals surface area contributed by atoms with Crippen LogP contribution in [0.3, 0.4) is 0 Å². The molecule has 0 bridgehead atoms. The van der Waals surface area contributed by atoms with Crippen molar-refractivity contribution >= 4 is 39.7 Å². The molecule has 0 aliphatic heterocycles. The summed E-state index contributed by atoms with van der Waals surface area (Å²) >= 11 is 1.75. The first kappa shape index (κ1) is 22.3. The summed E-state index contributed by atoms with van der Waals surface area (Å²) < 4.78 is 11.0. The maximum absolute atomic E-state index is 11.5. The zero-order valence-corrected chi connectivity index (χ0v) is 20.1. The summed E-state index contributed by atoms with van der Waals surface area (Å²) in [5, 5.41) is 2.29. The van der Waals surface area contributed by atoms with Gasteiger partial charge in [0.1, 0.15) is 11.2 Å². The zero-order chi connectivity index (χ0) is 23.5. The molecule has 0 spiro atoms. The van der Waals surface area contributed by atoms with Gasteiger partial charge in [-0.15, -0.1) is 0 Å². The highest BCUT2D eigenvalue weighted by Crippen LogP contribution is 2.36. The average molecular weight is 467 g/mol. The molecule has 0 amide bonds. The van der Waals surface area contributed by atoms with Gasteiger partial charge in [0.15, 0.2) is 0 Å². The molecule has 0 N–H and O–H groups in total. The topological polar surface area (TPSA) is 39.4 Å². The van der Waals surface area contributed by atoms with E-state index in [4.69, 9.17) is 9.15 Å². The van der Waals surface area contributed by atoms with Crippen LogP contribution < -0.4 is 0 Å². The third-order valence-corrected chi connectivity index (χ3v) is 7.40. The molecular weight excluding hydrogens is 440 g/mol. The number of thioether (sulfide) groups is 1. The summed E-state index contributed by atoms with van der Waals surface area (Å²) in [4.78, 5) is 11.5.